The van der Waals surface area contributed by atoms with Gasteiger partial charge in [0.15, 0.2) is 5.13 Å². The molecule has 0 unspecified atom stereocenters. The first-order valence-electron chi connectivity index (χ1n) is 10.2. The lowest BCUT2D eigenvalue weighted by molar-refractivity contribution is -0.131. The van der Waals surface area contributed by atoms with Crippen molar-refractivity contribution in [3.63, 3.8) is 0 Å². The minimum absolute atomic E-state index is 0.0531. The Morgan fingerprint density at radius 1 is 1.20 bits per heavy atom. The number of hydrogen-bond donors (Lipinski definition) is 4. The van der Waals surface area contributed by atoms with Gasteiger partial charge < -0.3 is 26.0 Å². The Bertz CT molecular complexity index is 675. The van der Waals surface area contributed by atoms with E-state index >= 15 is 0 Å². The van der Waals surface area contributed by atoms with E-state index in [4.69, 9.17) is 4.74 Å². The van der Waals surface area contributed by atoms with Gasteiger partial charge in [-0.1, -0.05) is 20.3 Å². The fourth-order valence-corrected chi connectivity index (χ4v) is 3.20. The first-order chi connectivity index (χ1) is 14.1. The van der Waals surface area contributed by atoms with Crippen LogP contribution in [0.1, 0.15) is 53.9 Å². The number of anilines is 1. The molecule has 3 amide bonds. The zero-order chi connectivity index (χ0) is 22.7. The summed E-state index contributed by atoms with van der Waals surface area (Å²) in [5.41, 5.74) is -0.682. The Hall–Kier alpha value is -2.36. The molecule has 1 aromatic heterocycles. The second-order valence-corrected chi connectivity index (χ2v) is 8.99. The zero-order valence-electron chi connectivity index (χ0n) is 18.7. The number of aromatic nitrogens is 1. The largest absolute Gasteiger partial charge is 0.444 e. The third-order valence-corrected chi connectivity index (χ3v) is 5.16. The number of hydrogen-bond acceptors (Lipinski definition) is 7. The van der Waals surface area contributed by atoms with Crippen LogP contribution in [0.2, 0.25) is 0 Å². The first-order valence-corrected chi connectivity index (χ1v) is 11.1. The van der Waals surface area contributed by atoms with Crippen LogP contribution in [0.4, 0.5) is 9.93 Å². The highest BCUT2D eigenvalue weighted by atomic mass is 32.1. The Labute approximate surface area is 182 Å². The zero-order valence-corrected chi connectivity index (χ0v) is 19.5. The molecule has 0 aliphatic carbocycles. The Morgan fingerprint density at radius 2 is 1.90 bits per heavy atom. The molecule has 0 radical (unpaired) electrons. The number of nitrogens with one attached hydrogen (secondary N) is 4. The summed E-state index contributed by atoms with van der Waals surface area (Å²) in [6.07, 6.45) is 2.75. The number of carbonyl (C=O) groups is 3. The third kappa shape index (κ3) is 9.43. The van der Waals surface area contributed by atoms with Crippen molar-refractivity contribution in [2.24, 2.45) is 5.92 Å². The van der Waals surface area contributed by atoms with Gasteiger partial charge in [0.05, 0.1) is 0 Å². The van der Waals surface area contributed by atoms with Gasteiger partial charge in [-0.3, -0.25) is 9.59 Å². The fourth-order valence-electron chi connectivity index (χ4n) is 2.64. The number of ether oxygens (including phenoxy) is 1. The van der Waals surface area contributed by atoms with Gasteiger partial charge in [0.25, 0.3) is 0 Å². The number of thiazole rings is 1. The molecule has 9 nitrogen and oxygen atoms in total. The molecule has 0 bridgehead atoms. The average molecular weight is 442 g/mol. The molecule has 30 heavy (non-hydrogen) atoms. The molecule has 0 saturated carbocycles. The quantitative estimate of drug-likeness (QED) is 0.392. The van der Waals surface area contributed by atoms with Crippen LogP contribution in [0, 0.1) is 5.92 Å². The second kappa shape index (κ2) is 12.4. The Morgan fingerprint density at radius 3 is 2.43 bits per heavy atom. The van der Waals surface area contributed by atoms with Gasteiger partial charge in [0.1, 0.15) is 17.7 Å². The Kier molecular flexibility index (Phi) is 10.6. The molecule has 4 N–H and O–H groups in total. The van der Waals surface area contributed by atoms with Gasteiger partial charge in [-0.25, -0.2) is 9.78 Å². The van der Waals surface area contributed by atoms with Crippen LogP contribution in [-0.4, -0.2) is 54.2 Å². The summed E-state index contributed by atoms with van der Waals surface area (Å²) >= 11 is 1.49. The molecule has 0 aliphatic rings. The second-order valence-electron chi connectivity index (χ2n) is 8.09. The first kappa shape index (κ1) is 25.7. The topological polar surface area (TPSA) is 121 Å². The molecule has 1 heterocycles. The summed E-state index contributed by atoms with van der Waals surface area (Å²) in [6, 6.07) is -1.50. The third-order valence-electron chi connectivity index (χ3n) is 4.43. The molecule has 0 aliphatic heterocycles. The van der Waals surface area contributed by atoms with Crippen LogP contribution in [-0.2, 0) is 14.3 Å². The smallest absolute Gasteiger partial charge is 0.408 e. The predicted molar refractivity (Wildman–Crippen MR) is 118 cm³/mol. The highest BCUT2D eigenvalue weighted by molar-refractivity contribution is 7.13. The lowest BCUT2D eigenvalue weighted by Crippen LogP contribution is -2.55. The number of rotatable bonds is 11. The SMILES string of the molecule is CC[C@H](C)[C@H](NC(=O)[C@H](CCCNc1nccs1)NC(=O)OC(C)(C)C)C(=O)NC. The number of amides is 3. The molecule has 0 fully saturated rings. The maximum Gasteiger partial charge on any atom is 0.408 e. The van der Waals surface area contributed by atoms with Gasteiger partial charge in [-0.2, -0.15) is 0 Å². The van der Waals surface area contributed by atoms with E-state index in [2.05, 4.69) is 26.3 Å². The van der Waals surface area contributed by atoms with E-state index in [1.165, 1.54) is 18.4 Å². The maximum atomic E-state index is 12.9. The van der Waals surface area contributed by atoms with Gasteiger partial charge in [0, 0.05) is 25.2 Å². The van der Waals surface area contributed by atoms with Crippen LogP contribution in [0.5, 0.6) is 0 Å². The lowest BCUT2D eigenvalue weighted by Gasteiger charge is -2.27. The van der Waals surface area contributed by atoms with Gasteiger partial charge in [0.2, 0.25) is 11.8 Å². The van der Waals surface area contributed by atoms with Crippen molar-refractivity contribution in [2.45, 2.75) is 71.6 Å². The molecular formula is C20H35N5O4S. The van der Waals surface area contributed by atoms with Crippen LogP contribution in [0.3, 0.4) is 0 Å². The molecule has 1 rings (SSSR count). The number of alkyl carbamates (subject to hydrolysis) is 1. The Balaban J connectivity index is 2.78. The van der Waals surface area contributed by atoms with Crippen molar-refractivity contribution in [3.8, 4) is 0 Å². The normalized spacial score (nSPS) is 14.2. The fraction of sp³-hybridized carbons (Fsp3) is 0.700. The van der Waals surface area contributed by atoms with Crippen LogP contribution in [0.15, 0.2) is 11.6 Å². The maximum absolute atomic E-state index is 12.9. The standard InChI is InChI=1S/C20H35N5O4S/c1-7-13(2)15(17(27)21-6)25-16(26)14(24-19(28)29-20(3,4)5)9-8-10-22-18-23-11-12-30-18/h11-15H,7-10H2,1-6H3,(H,21,27)(H,22,23)(H,24,28)(H,25,26)/t13-,14-,15-/m0/s1. The highest BCUT2D eigenvalue weighted by Gasteiger charge is 2.30. The summed E-state index contributed by atoms with van der Waals surface area (Å²) in [4.78, 5) is 41.5. The molecule has 10 heteroatoms. The molecule has 1 aromatic rings. The molecule has 0 aromatic carbocycles. The summed E-state index contributed by atoms with van der Waals surface area (Å²) in [5.74, 6) is -0.731. The van der Waals surface area contributed by atoms with E-state index in [1.54, 1.807) is 27.0 Å². The van der Waals surface area contributed by atoms with Crippen molar-refractivity contribution >= 4 is 34.4 Å². The minimum atomic E-state index is -0.825. The monoisotopic (exact) mass is 441 g/mol. The van der Waals surface area contributed by atoms with Crippen LogP contribution >= 0.6 is 11.3 Å². The number of nitrogens with zero attached hydrogens (tertiary/aromatic N) is 1. The summed E-state index contributed by atoms with van der Waals surface area (Å²) in [6.45, 7) is 9.71. The predicted octanol–water partition coefficient (Wildman–Crippen LogP) is 2.51. The van der Waals surface area contributed by atoms with Crippen molar-refractivity contribution in [3.05, 3.63) is 11.6 Å². The molecule has 0 spiro atoms. The van der Waals surface area contributed by atoms with E-state index < -0.39 is 29.7 Å². The summed E-state index contributed by atoms with van der Waals surface area (Å²) in [7, 11) is 1.53. The average Bonchev–Trinajstić information content (AvgIpc) is 3.19. The molecule has 170 valence electrons. The van der Waals surface area contributed by atoms with Crippen LogP contribution < -0.4 is 21.3 Å². The van der Waals surface area contributed by atoms with Gasteiger partial charge in [-0.15, -0.1) is 11.3 Å². The minimum Gasteiger partial charge on any atom is -0.444 e. The molecular weight excluding hydrogens is 406 g/mol. The van der Waals surface area contributed by atoms with Crippen molar-refractivity contribution in [1.29, 1.82) is 0 Å². The number of likely N-dealkylation sites (N-methyl/N-ethyl adjacent to an activating group) is 1. The van der Waals surface area contributed by atoms with Crippen molar-refractivity contribution in [2.75, 3.05) is 18.9 Å². The number of carbonyl (C=O) groups excluding carboxylic acids is 3. The van der Waals surface area contributed by atoms with E-state index in [-0.39, 0.29) is 11.8 Å². The van der Waals surface area contributed by atoms with Gasteiger partial charge >= 0.3 is 6.09 Å². The molecule has 3 atom stereocenters. The summed E-state index contributed by atoms with van der Waals surface area (Å²) < 4.78 is 5.29. The van der Waals surface area contributed by atoms with E-state index in [9.17, 15) is 14.4 Å². The van der Waals surface area contributed by atoms with Crippen LogP contribution in [0.25, 0.3) is 0 Å². The molecule has 0 saturated heterocycles. The highest BCUT2D eigenvalue weighted by Crippen LogP contribution is 2.12. The summed E-state index contributed by atoms with van der Waals surface area (Å²) in [5, 5.41) is 13.9. The van der Waals surface area contributed by atoms with E-state index in [0.29, 0.717) is 19.4 Å². The van der Waals surface area contributed by atoms with E-state index in [0.717, 1.165) is 11.6 Å². The van der Waals surface area contributed by atoms with Crippen molar-refractivity contribution in [1.82, 2.24) is 20.9 Å². The van der Waals surface area contributed by atoms with Gasteiger partial charge in [-0.05, 0) is 39.5 Å². The van der Waals surface area contributed by atoms with E-state index in [1.807, 2.05) is 19.2 Å². The lowest BCUT2D eigenvalue weighted by atomic mass is 9.97. The van der Waals surface area contributed by atoms with Crippen molar-refractivity contribution < 1.29 is 19.1 Å².